The SMILES string of the molecule is COc1ccc(-c2c(-c3ccccc3)oc3ncnc(C)c23)cc1.N. The van der Waals surface area contributed by atoms with Crippen LogP contribution in [0.3, 0.4) is 0 Å². The van der Waals surface area contributed by atoms with E-state index >= 15 is 0 Å². The molecule has 0 saturated heterocycles. The first-order valence-electron chi connectivity index (χ1n) is 7.72. The molecule has 0 unspecified atom stereocenters. The third kappa shape index (κ3) is 2.86. The Hall–Kier alpha value is -3.18. The number of furan rings is 1. The highest BCUT2D eigenvalue weighted by atomic mass is 16.5. The van der Waals surface area contributed by atoms with E-state index in [0.29, 0.717) is 5.71 Å². The number of benzene rings is 2. The normalized spacial score (nSPS) is 10.5. The van der Waals surface area contributed by atoms with E-state index < -0.39 is 0 Å². The van der Waals surface area contributed by atoms with Gasteiger partial charge in [-0.05, 0) is 24.6 Å². The van der Waals surface area contributed by atoms with Crippen LogP contribution in [0.4, 0.5) is 0 Å². The summed E-state index contributed by atoms with van der Waals surface area (Å²) in [5.41, 5.74) is 4.58. The van der Waals surface area contributed by atoms with Gasteiger partial charge in [0.05, 0.1) is 18.2 Å². The first kappa shape index (κ1) is 16.7. The minimum absolute atomic E-state index is 0. The second-order valence-electron chi connectivity index (χ2n) is 5.54. The van der Waals surface area contributed by atoms with E-state index in [4.69, 9.17) is 9.15 Å². The molecule has 0 amide bonds. The average molecular weight is 333 g/mol. The molecular weight excluding hydrogens is 314 g/mol. The Bertz CT molecular complexity index is 993. The molecule has 0 aliphatic rings. The molecule has 0 bridgehead atoms. The predicted octanol–water partition coefficient (Wildman–Crippen LogP) is 5.04. The summed E-state index contributed by atoms with van der Waals surface area (Å²) in [4.78, 5) is 8.64. The standard InChI is InChI=1S/C20H16N2O2.H3N/c1-13-17-18(14-8-10-16(23-2)11-9-14)19(15-6-4-3-5-7-15)24-20(17)22-12-21-13;/h3-12H,1-2H3;1H3. The van der Waals surface area contributed by atoms with Gasteiger partial charge >= 0.3 is 0 Å². The molecule has 4 rings (SSSR count). The lowest BCUT2D eigenvalue weighted by Gasteiger charge is -2.06. The Morgan fingerprint density at radius 1 is 0.880 bits per heavy atom. The molecule has 3 N–H and O–H groups in total. The molecule has 2 heterocycles. The maximum absolute atomic E-state index is 6.09. The van der Waals surface area contributed by atoms with Crippen LogP contribution in [0.2, 0.25) is 0 Å². The third-order valence-electron chi connectivity index (χ3n) is 4.09. The van der Waals surface area contributed by atoms with Crippen molar-refractivity contribution in [1.29, 1.82) is 0 Å². The van der Waals surface area contributed by atoms with Crippen LogP contribution in [-0.2, 0) is 0 Å². The Morgan fingerprint density at radius 2 is 1.60 bits per heavy atom. The lowest BCUT2D eigenvalue weighted by atomic mass is 9.98. The summed E-state index contributed by atoms with van der Waals surface area (Å²) in [5.74, 6) is 1.63. The Morgan fingerprint density at radius 3 is 2.28 bits per heavy atom. The number of fused-ring (bicyclic) bond motifs is 1. The lowest BCUT2D eigenvalue weighted by Crippen LogP contribution is -1.87. The smallest absolute Gasteiger partial charge is 0.230 e. The van der Waals surface area contributed by atoms with Crippen molar-refractivity contribution < 1.29 is 9.15 Å². The number of aromatic nitrogens is 2. The lowest BCUT2D eigenvalue weighted by molar-refractivity contribution is 0.415. The van der Waals surface area contributed by atoms with Crippen molar-refractivity contribution in [3.05, 3.63) is 66.6 Å². The molecule has 126 valence electrons. The van der Waals surface area contributed by atoms with Gasteiger partial charge in [-0.25, -0.2) is 9.97 Å². The molecule has 0 aliphatic heterocycles. The zero-order valence-corrected chi connectivity index (χ0v) is 14.2. The van der Waals surface area contributed by atoms with Gasteiger partial charge in [-0.3, -0.25) is 0 Å². The fourth-order valence-corrected chi connectivity index (χ4v) is 2.90. The highest BCUT2D eigenvalue weighted by molar-refractivity contribution is 6.01. The van der Waals surface area contributed by atoms with Crippen LogP contribution in [0.5, 0.6) is 5.75 Å². The van der Waals surface area contributed by atoms with Crippen LogP contribution in [0, 0.1) is 6.92 Å². The Kier molecular flexibility index (Phi) is 4.50. The predicted molar refractivity (Wildman–Crippen MR) is 99.0 cm³/mol. The first-order valence-corrected chi connectivity index (χ1v) is 7.72. The van der Waals surface area contributed by atoms with Crippen molar-refractivity contribution in [2.24, 2.45) is 0 Å². The van der Waals surface area contributed by atoms with Gasteiger partial charge in [-0.2, -0.15) is 0 Å². The van der Waals surface area contributed by atoms with Crippen LogP contribution in [0.15, 0.2) is 65.3 Å². The summed E-state index contributed by atoms with van der Waals surface area (Å²) < 4.78 is 11.4. The van der Waals surface area contributed by atoms with Gasteiger partial charge in [-0.15, -0.1) is 0 Å². The van der Waals surface area contributed by atoms with Crippen LogP contribution in [-0.4, -0.2) is 17.1 Å². The molecule has 0 spiro atoms. The number of methoxy groups -OCH3 is 1. The van der Waals surface area contributed by atoms with Crippen LogP contribution in [0.25, 0.3) is 33.6 Å². The van der Waals surface area contributed by atoms with E-state index in [1.807, 2.05) is 61.5 Å². The summed E-state index contributed by atoms with van der Waals surface area (Å²) in [7, 11) is 1.66. The van der Waals surface area contributed by atoms with Gasteiger partial charge in [0.2, 0.25) is 5.71 Å². The Balaban J connectivity index is 0.00000182. The molecular formula is C20H19N3O2. The molecule has 2 aromatic carbocycles. The fourth-order valence-electron chi connectivity index (χ4n) is 2.90. The largest absolute Gasteiger partial charge is 0.497 e. The van der Waals surface area contributed by atoms with Crippen molar-refractivity contribution >= 4 is 11.1 Å². The van der Waals surface area contributed by atoms with Crippen LogP contribution in [0.1, 0.15) is 5.69 Å². The molecule has 0 atom stereocenters. The van der Waals surface area contributed by atoms with Gasteiger partial charge in [0.25, 0.3) is 0 Å². The molecule has 5 nitrogen and oxygen atoms in total. The number of rotatable bonds is 3. The number of hydrogen-bond donors (Lipinski definition) is 1. The van der Waals surface area contributed by atoms with Crippen molar-refractivity contribution in [1.82, 2.24) is 16.1 Å². The number of hydrogen-bond acceptors (Lipinski definition) is 5. The molecule has 0 radical (unpaired) electrons. The number of aryl methyl sites for hydroxylation is 1. The molecule has 5 heteroatoms. The molecule has 4 aromatic rings. The quantitative estimate of drug-likeness (QED) is 0.568. The van der Waals surface area contributed by atoms with Crippen molar-refractivity contribution in [2.45, 2.75) is 6.92 Å². The highest BCUT2D eigenvalue weighted by Crippen LogP contribution is 2.41. The maximum Gasteiger partial charge on any atom is 0.230 e. The van der Waals surface area contributed by atoms with Crippen LogP contribution >= 0.6 is 0 Å². The Labute approximate surface area is 145 Å². The molecule has 0 saturated carbocycles. The van der Waals surface area contributed by atoms with Gasteiger partial charge in [0.15, 0.2) is 0 Å². The van der Waals surface area contributed by atoms with Crippen molar-refractivity contribution in [3.8, 4) is 28.2 Å². The van der Waals surface area contributed by atoms with Crippen molar-refractivity contribution in [3.63, 3.8) is 0 Å². The van der Waals surface area contributed by atoms with E-state index in [-0.39, 0.29) is 6.15 Å². The summed E-state index contributed by atoms with van der Waals surface area (Å²) in [6.45, 7) is 1.97. The highest BCUT2D eigenvalue weighted by Gasteiger charge is 2.20. The van der Waals surface area contributed by atoms with Crippen molar-refractivity contribution in [2.75, 3.05) is 7.11 Å². The summed E-state index contributed by atoms with van der Waals surface area (Å²) in [6, 6.07) is 18.0. The maximum atomic E-state index is 6.09. The monoisotopic (exact) mass is 333 g/mol. The zero-order chi connectivity index (χ0) is 16.5. The van der Waals surface area contributed by atoms with E-state index in [1.165, 1.54) is 6.33 Å². The summed E-state index contributed by atoms with van der Waals surface area (Å²) in [6.07, 6.45) is 1.54. The molecule has 25 heavy (non-hydrogen) atoms. The van der Waals surface area contributed by atoms with E-state index in [9.17, 15) is 0 Å². The van der Waals surface area contributed by atoms with Gasteiger partial charge in [0.1, 0.15) is 17.8 Å². The van der Waals surface area contributed by atoms with Gasteiger partial charge in [-0.1, -0.05) is 42.5 Å². The topological polar surface area (TPSA) is 83.2 Å². The fraction of sp³-hybridized carbons (Fsp3) is 0.100. The summed E-state index contributed by atoms with van der Waals surface area (Å²) in [5, 5.41) is 0.946. The second-order valence-corrected chi connectivity index (χ2v) is 5.54. The summed E-state index contributed by atoms with van der Waals surface area (Å²) >= 11 is 0. The van der Waals surface area contributed by atoms with Gasteiger partial charge < -0.3 is 15.3 Å². The average Bonchev–Trinajstić information content (AvgIpc) is 3.03. The first-order chi connectivity index (χ1) is 11.8. The molecule has 0 aliphatic carbocycles. The van der Waals surface area contributed by atoms with E-state index in [1.54, 1.807) is 7.11 Å². The molecule has 2 aromatic heterocycles. The van der Waals surface area contributed by atoms with Gasteiger partial charge in [0, 0.05) is 11.1 Å². The third-order valence-corrected chi connectivity index (χ3v) is 4.09. The minimum Gasteiger partial charge on any atom is -0.497 e. The van der Waals surface area contributed by atoms with E-state index in [2.05, 4.69) is 9.97 Å². The number of nitrogens with zero attached hydrogens (tertiary/aromatic N) is 2. The zero-order valence-electron chi connectivity index (χ0n) is 14.2. The number of ether oxygens (including phenoxy) is 1. The minimum atomic E-state index is 0. The molecule has 0 fully saturated rings. The van der Waals surface area contributed by atoms with Crippen LogP contribution < -0.4 is 10.9 Å². The second kappa shape index (κ2) is 6.75. The van der Waals surface area contributed by atoms with E-state index in [0.717, 1.165) is 39.3 Å².